The summed E-state index contributed by atoms with van der Waals surface area (Å²) in [5, 5.41) is 21.3. The number of carbonyl (C=O) groups is 2. The second-order valence-corrected chi connectivity index (χ2v) is 9.98. The van der Waals surface area contributed by atoms with Gasteiger partial charge in [-0.05, 0) is 67.3 Å². The van der Waals surface area contributed by atoms with Crippen LogP contribution in [0.1, 0.15) is 60.2 Å². The fourth-order valence-electron chi connectivity index (χ4n) is 4.88. The average Bonchev–Trinajstić information content (AvgIpc) is 2.93. The topological polar surface area (TPSA) is 116 Å². The van der Waals surface area contributed by atoms with Gasteiger partial charge in [-0.1, -0.05) is 49.7 Å². The van der Waals surface area contributed by atoms with Gasteiger partial charge in [0.25, 0.3) is 5.91 Å². The molecule has 2 heterocycles. The molecular formula is C30H36N4O4. The first-order valence-corrected chi connectivity index (χ1v) is 13.3. The highest BCUT2D eigenvalue weighted by molar-refractivity contribution is 5.96. The number of unbranched alkanes of at least 4 members (excludes halogenated alkanes) is 1. The van der Waals surface area contributed by atoms with E-state index in [0.717, 1.165) is 32.4 Å². The molecule has 0 radical (unpaired) electrons. The Hall–Kier alpha value is -3.94. The lowest BCUT2D eigenvalue weighted by Crippen LogP contribution is -2.34. The second kappa shape index (κ2) is 12.5. The lowest BCUT2D eigenvalue weighted by Gasteiger charge is -2.33. The van der Waals surface area contributed by atoms with Crippen LogP contribution in [0.15, 0.2) is 48.5 Å². The largest absolute Gasteiger partial charge is 0.504 e. The molecule has 200 valence electrons. The van der Waals surface area contributed by atoms with Crippen LogP contribution in [0.3, 0.4) is 0 Å². The van der Waals surface area contributed by atoms with Crippen LogP contribution in [-0.4, -0.2) is 51.7 Å². The Kier molecular flexibility index (Phi) is 8.94. The normalized spacial score (nSPS) is 13.9. The third-order valence-electron chi connectivity index (χ3n) is 7.14. The van der Waals surface area contributed by atoms with Crippen molar-refractivity contribution in [3.05, 3.63) is 71.3 Å². The van der Waals surface area contributed by atoms with E-state index in [-0.39, 0.29) is 11.4 Å². The molecule has 8 heteroatoms. The van der Waals surface area contributed by atoms with Crippen LogP contribution in [0.5, 0.6) is 5.75 Å². The molecule has 1 aliphatic heterocycles. The first-order chi connectivity index (χ1) is 18.3. The fourth-order valence-corrected chi connectivity index (χ4v) is 4.88. The molecule has 0 bridgehead atoms. The molecule has 0 atom stereocenters. The molecule has 4 rings (SSSR count). The summed E-state index contributed by atoms with van der Waals surface area (Å²) in [6, 6.07) is 17.6. The van der Waals surface area contributed by atoms with E-state index in [1.54, 1.807) is 6.92 Å². The highest BCUT2D eigenvalue weighted by atomic mass is 16.4. The summed E-state index contributed by atoms with van der Waals surface area (Å²) >= 11 is 0. The number of carboxylic acids is 1. The lowest BCUT2D eigenvalue weighted by molar-refractivity contribution is -0.135. The first kappa shape index (κ1) is 27.1. The SMILES string of the molecule is CCCCc1ccc(-c2ccc(N3CCC(Cc4nc(C)c(O)c(C(=O)NCC(=O)O)n4)CC3)cc2)cc1. The van der Waals surface area contributed by atoms with Crippen molar-refractivity contribution in [1.29, 1.82) is 0 Å². The van der Waals surface area contributed by atoms with Crippen molar-refractivity contribution in [1.82, 2.24) is 15.3 Å². The Morgan fingerprint density at radius 1 is 1.00 bits per heavy atom. The van der Waals surface area contributed by atoms with Crippen LogP contribution in [0.25, 0.3) is 11.1 Å². The molecule has 3 N–H and O–H groups in total. The van der Waals surface area contributed by atoms with Crippen LogP contribution in [0.4, 0.5) is 5.69 Å². The molecule has 0 spiro atoms. The summed E-state index contributed by atoms with van der Waals surface area (Å²) in [5.74, 6) is -1.36. The zero-order chi connectivity index (χ0) is 27.1. The molecule has 2 aromatic carbocycles. The van der Waals surface area contributed by atoms with Crippen LogP contribution >= 0.6 is 0 Å². The van der Waals surface area contributed by atoms with Gasteiger partial charge in [0.15, 0.2) is 11.4 Å². The van der Waals surface area contributed by atoms with Crippen LogP contribution in [-0.2, 0) is 17.6 Å². The summed E-state index contributed by atoms with van der Waals surface area (Å²) in [6.45, 7) is 5.12. The van der Waals surface area contributed by atoms with Gasteiger partial charge in [-0.15, -0.1) is 0 Å². The zero-order valence-electron chi connectivity index (χ0n) is 22.1. The maximum absolute atomic E-state index is 12.3. The van der Waals surface area contributed by atoms with Crippen molar-refractivity contribution < 1.29 is 19.8 Å². The van der Waals surface area contributed by atoms with Crippen LogP contribution in [0, 0.1) is 12.8 Å². The number of carboxylic acid groups (broad SMARTS) is 1. The van der Waals surface area contributed by atoms with E-state index in [4.69, 9.17) is 5.11 Å². The Balaban J connectivity index is 1.33. The summed E-state index contributed by atoms with van der Waals surface area (Å²) in [7, 11) is 0. The van der Waals surface area contributed by atoms with Gasteiger partial charge in [0.2, 0.25) is 0 Å². The molecule has 3 aromatic rings. The van der Waals surface area contributed by atoms with Gasteiger partial charge < -0.3 is 20.4 Å². The number of nitrogens with zero attached hydrogens (tertiary/aromatic N) is 3. The summed E-state index contributed by atoms with van der Waals surface area (Å²) < 4.78 is 0. The van der Waals surface area contributed by atoms with Gasteiger partial charge in [-0.25, -0.2) is 9.97 Å². The Labute approximate surface area is 223 Å². The van der Waals surface area contributed by atoms with Crippen molar-refractivity contribution in [2.24, 2.45) is 5.92 Å². The minimum atomic E-state index is -1.17. The van der Waals surface area contributed by atoms with E-state index in [1.807, 2.05) is 0 Å². The Morgan fingerprint density at radius 2 is 1.63 bits per heavy atom. The van der Waals surface area contributed by atoms with Crippen molar-refractivity contribution in [3.8, 4) is 16.9 Å². The van der Waals surface area contributed by atoms with E-state index in [0.29, 0.717) is 23.9 Å². The Morgan fingerprint density at radius 3 is 2.24 bits per heavy atom. The van der Waals surface area contributed by atoms with Gasteiger partial charge >= 0.3 is 5.97 Å². The van der Waals surface area contributed by atoms with Crippen molar-refractivity contribution >= 4 is 17.6 Å². The van der Waals surface area contributed by atoms with Crippen molar-refractivity contribution in [2.75, 3.05) is 24.5 Å². The molecule has 1 aliphatic rings. The number of aliphatic carboxylic acids is 1. The number of amides is 1. The summed E-state index contributed by atoms with van der Waals surface area (Å²) in [6.07, 6.45) is 6.09. The summed E-state index contributed by atoms with van der Waals surface area (Å²) in [4.78, 5) is 34.1. The molecular weight excluding hydrogens is 480 g/mol. The number of hydrogen-bond acceptors (Lipinski definition) is 6. The lowest BCUT2D eigenvalue weighted by atomic mass is 9.92. The predicted octanol–water partition coefficient (Wildman–Crippen LogP) is 4.77. The first-order valence-electron chi connectivity index (χ1n) is 13.3. The monoisotopic (exact) mass is 516 g/mol. The maximum atomic E-state index is 12.3. The highest BCUT2D eigenvalue weighted by Crippen LogP contribution is 2.29. The smallest absolute Gasteiger partial charge is 0.322 e. The molecule has 0 unspecified atom stereocenters. The van der Waals surface area contributed by atoms with Gasteiger partial charge in [0.05, 0.1) is 5.69 Å². The average molecular weight is 517 g/mol. The van der Waals surface area contributed by atoms with Gasteiger partial charge in [0, 0.05) is 25.2 Å². The van der Waals surface area contributed by atoms with Crippen LogP contribution < -0.4 is 10.2 Å². The van der Waals surface area contributed by atoms with Crippen LogP contribution in [0.2, 0.25) is 0 Å². The molecule has 1 saturated heterocycles. The molecule has 0 saturated carbocycles. The summed E-state index contributed by atoms with van der Waals surface area (Å²) in [5.41, 5.74) is 5.18. The third-order valence-corrected chi connectivity index (χ3v) is 7.14. The van der Waals surface area contributed by atoms with Crippen molar-refractivity contribution in [3.63, 3.8) is 0 Å². The Bertz CT molecular complexity index is 1250. The van der Waals surface area contributed by atoms with Gasteiger partial charge in [0.1, 0.15) is 12.4 Å². The number of rotatable bonds is 10. The number of aromatic hydroxyl groups is 1. The standard InChI is InChI=1S/C30H36N4O4/c1-3-4-5-21-6-8-23(9-7-21)24-10-12-25(13-11-24)34-16-14-22(15-17-34)18-26-32-20(2)29(37)28(33-26)30(38)31-19-27(35)36/h6-13,22,37H,3-5,14-19H2,1-2H3,(H,31,38)(H,35,36). The molecule has 38 heavy (non-hydrogen) atoms. The number of piperidine rings is 1. The second-order valence-electron chi connectivity index (χ2n) is 9.98. The van der Waals surface area contributed by atoms with Crippen molar-refractivity contribution in [2.45, 2.75) is 52.4 Å². The zero-order valence-corrected chi connectivity index (χ0v) is 22.1. The number of benzene rings is 2. The minimum absolute atomic E-state index is 0.179. The fraction of sp³-hybridized carbons (Fsp3) is 0.400. The van der Waals surface area contributed by atoms with E-state index in [1.165, 1.54) is 35.2 Å². The molecule has 8 nitrogen and oxygen atoms in total. The number of aromatic nitrogens is 2. The van der Waals surface area contributed by atoms with Gasteiger partial charge in [-0.2, -0.15) is 0 Å². The van der Waals surface area contributed by atoms with E-state index < -0.39 is 18.4 Å². The maximum Gasteiger partial charge on any atom is 0.322 e. The highest BCUT2D eigenvalue weighted by Gasteiger charge is 2.23. The number of hydrogen-bond donors (Lipinski definition) is 3. The van der Waals surface area contributed by atoms with Gasteiger partial charge in [-0.3, -0.25) is 9.59 Å². The molecule has 1 aromatic heterocycles. The number of carbonyl (C=O) groups excluding carboxylic acids is 1. The van der Waals surface area contributed by atoms with E-state index in [2.05, 4.69) is 75.6 Å². The predicted molar refractivity (Wildman–Crippen MR) is 148 cm³/mol. The minimum Gasteiger partial charge on any atom is -0.504 e. The number of nitrogens with one attached hydrogen (secondary N) is 1. The van der Waals surface area contributed by atoms with E-state index >= 15 is 0 Å². The van der Waals surface area contributed by atoms with E-state index in [9.17, 15) is 14.7 Å². The molecule has 0 aliphatic carbocycles. The number of anilines is 1. The molecule has 1 fully saturated rings. The molecule has 1 amide bonds. The third kappa shape index (κ3) is 6.88. The number of aryl methyl sites for hydroxylation is 2. The quantitative estimate of drug-likeness (QED) is 0.355.